The Morgan fingerprint density at radius 1 is 1.36 bits per heavy atom. The summed E-state index contributed by atoms with van der Waals surface area (Å²) < 4.78 is 0. The van der Waals surface area contributed by atoms with E-state index in [2.05, 4.69) is 43.2 Å². The lowest BCUT2D eigenvalue weighted by atomic mass is 10.2. The van der Waals surface area contributed by atoms with Crippen LogP contribution in [-0.2, 0) is 13.0 Å². The SMILES string of the molecule is CCc1ccc(CNCC(C)C)nc1. The minimum absolute atomic E-state index is 0.699. The molecule has 0 radical (unpaired) electrons. The van der Waals surface area contributed by atoms with Gasteiger partial charge >= 0.3 is 0 Å². The summed E-state index contributed by atoms with van der Waals surface area (Å²) in [5, 5.41) is 3.38. The van der Waals surface area contributed by atoms with Crippen LogP contribution in [0, 0.1) is 5.92 Å². The number of aromatic nitrogens is 1. The van der Waals surface area contributed by atoms with E-state index in [1.165, 1.54) is 5.56 Å². The van der Waals surface area contributed by atoms with Crippen molar-refractivity contribution in [2.75, 3.05) is 6.54 Å². The van der Waals surface area contributed by atoms with E-state index >= 15 is 0 Å². The first kappa shape index (κ1) is 11.2. The number of nitrogens with zero attached hydrogens (tertiary/aromatic N) is 1. The fourth-order valence-corrected chi connectivity index (χ4v) is 1.26. The maximum absolute atomic E-state index is 4.38. The third-order valence-electron chi connectivity index (χ3n) is 2.15. The summed E-state index contributed by atoms with van der Waals surface area (Å²) in [4.78, 5) is 4.38. The van der Waals surface area contributed by atoms with Crippen molar-refractivity contribution in [3.8, 4) is 0 Å². The van der Waals surface area contributed by atoms with Crippen LogP contribution in [0.5, 0.6) is 0 Å². The van der Waals surface area contributed by atoms with Crippen molar-refractivity contribution >= 4 is 0 Å². The Morgan fingerprint density at radius 2 is 2.14 bits per heavy atom. The number of pyridine rings is 1. The fourth-order valence-electron chi connectivity index (χ4n) is 1.26. The molecule has 0 atom stereocenters. The molecule has 0 aliphatic rings. The molecule has 1 N–H and O–H groups in total. The zero-order chi connectivity index (χ0) is 10.4. The van der Waals surface area contributed by atoms with Gasteiger partial charge in [-0.25, -0.2) is 0 Å². The molecule has 0 aliphatic heterocycles. The minimum Gasteiger partial charge on any atom is -0.311 e. The van der Waals surface area contributed by atoms with Crippen molar-refractivity contribution < 1.29 is 0 Å². The second kappa shape index (κ2) is 5.76. The third-order valence-corrected chi connectivity index (χ3v) is 2.15. The summed E-state index contributed by atoms with van der Waals surface area (Å²) in [6.45, 7) is 8.49. The fraction of sp³-hybridized carbons (Fsp3) is 0.583. The molecule has 0 spiro atoms. The van der Waals surface area contributed by atoms with Gasteiger partial charge < -0.3 is 5.32 Å². The number of hydrogen-bond acceptors (Lipinski definition) is 2. The van der Waals surface area contributed by atoms with Crippen molar-refractivity contribution in [1.82, 2.24) is 10.3 Å². The quantitative estimate of drug-likeness (QED) is 0.775. The Balaban J connectivity index is 2.36. The van der Waals surface area contributed by atoms with Crippen molar-refractivity contribution in [1.29, 1.82) is 0 Å². The van der Waals surface area contributed by atoms with E-state index in [0.29, 0.717) is 5.92 Å². The first-order chi connectivity index (χ1) is 6.72. The third kappa shape index (κ3) is 3.88. The Hall–Kier alpha value is -0.890. The van der Waals surface area contributed by atoms with Gasteiger partial charge in [0, 0.05) is 12.7 Å². The molecular formula is C12H20N2. The van der Waals surface area contributed by atoms with E-state index in [0.717, 1.165) is 25.2 Å². The lowest BCUT2D eigenvalue weighted by Crippen LogP contribution is -2.19. The average molecular weight is 192 g/mol. The van der Waals surface area contributed by atoms with Crippen LogP contribution in [0.25, 0.3) is 0 Å². The van der Waals surface area contributed by atoms with Crippen LogP contribution in [0.4, 0.5) is 0 Å². The highest BCUT2D eigenvalue weighted by molar-refractivity contribution is 5.13. The molecule has 0 amide bonds. The highest BCUT2D eigenvalue weighted by Gasteiger charge is 1.96. The topological polar surface area (TPSA) is 24.9 Å². The van der Waals surface area contributed by atoms with Crippen LogP contribution in [0.1, 0.15) is 32.0 Å². The standard InChI is InChI=1S/C12H20N2/c1-4-11-5-6-12(14-8-11)9-13-7-10(2)3/h5-6,8,10,13H,4,7,9H2,1-3H3. The van der Waals surface area contributed by atoms with E-state index in [1.54, 1.807) is 0 Å². The molecule has 0 saturated heterocycles. The predicted octanol–water partition coefficient (Wildman–Crippen LogP) is 2.39. The van der Waals surface area contributed by atoms with Crippen LogP contribution < -0.4 is 5.32 Å². The summed E-state index contributed by atoms with van der Waals surface area (Å²) in [7, 11) is 0. The zero-order valence-corrected chi connectivity index (χ0v) is 9.38. The van der Waals surface area contributed by atoms with Gasteiger partial charge in [-0.05, 0) is 30.5 Å². The van der Waals surface area contributed by atoms with Crippen LogP contribution in [0.3, 0.4) is 0 Å². The van der Waals surface area contributed by atoms with Crippen LogP contribution in [0.2, 0.25) is 0 Å². The Kier molecular flexibility index (Phi) is 4.60. The van der Waals surface area contributed by atoms with E-state index < -0.39 is 0 Å². The maximum atomic E-state index is 4.38. The molecule has 2 nitrogen and oxygen atoms in total. The molecule has 1 heterocycles. The maximum Gasteiger partial charge on any atom is 0.0541 e. The Bertz CT molecular complexity index is 252. The molecular weight excluding hydrogens is 172 g/mol. The van der Waals surface area contributed by atoms with Gasteiger partial charge in [-0.1, -0.05) is 26.8 Å². The summed E-state index contributed by atoms with van der Waals surface area (Å²) >= 11 is 0. The van der Waals surface area contributed by atoms with Gasteiger partial charge in [-0.3, -0.25) is 4.98 Å². The normalized spacial score (nSPS) is 10.9. The zero-order valence-electron chi connectivity index (χ0n) is 9.38. The molecule has 0 bridgehead atoms. The van der Waals surface area contributed by atoms with Gasteiger partial charge in [-0.2, -0.15) is 0 Å². The molecule has 1 rings (SSSR count). The second-order valence-corrected chi connectivity index (χ2v) is 4.04. The van der Waals surface area contributed by atoms with Gasteiger partial charge in [0.1, 0.15) is 0 Å². The monoisotopic (exact) mass is 192 g/mol. The second-order valence-electron chi connectivity index (χ2n) is 4.04. The summed E-state index contributed by atoms with van der Waals surface area (Å²) in [5.74, 6) is 0.699. The Morgan fingerprint density at radius 3 is 2.64 bits per heavy atom. The summed E-state index contributed by atoms with van der Waals surface area (Å²) in [5.41, 5.74) is 2.43. The number of hydrogen-bond donors (Lipinski definition) is 1. The van der Waals surface area contributed by atoms with Crippen molar-refractivity contribution in [2.45, 2.75) is 33.7 Å². The summed E-state index contributed by atoms with van der Waals surface area (Å²) in [6.07, 6.45) is 3.03. The lowest BCUT2D eigenvalue weighted by Gasteiger charge is -2.06. The molecule has 2 heteroatoms. The van der Waals surface area contributed by atoms with Gasteiger partial charge in [0.15, 0.2) is 0 Å². The van der Waals surface area contributed by atoms with Crippen molar-refractivity contribution in [3.05, 3.63) is 29.6 Å². The molecule has 0 aromatic carbocycles. The smallest absolute Gasteiger partial charge is 0.0541 e. The molecule has 1 aromatic rings. The van der Waals surface area contributed by atoms with Crippen LogP contribution in [0.15, 0.2) is 18.3 Å². The summed E-state index contributed by atoms with van der Waals surface area (Å²) in [6, 6.07) is 4.26. The van der Waals surface area contributed by atoms with E-state index in [9.17, 15) is 0 Å². The van der Waals surface area contributed by atoms with Crippen LogP contribution in [-0.4, -0.2) is 11.5 Å². The molecule has 0 unspecified atom stereocenters. The molecule has 14 heavy (non-hydrogen) atoms. The van der Waals surface area contributed by atoms with Crippen molar-refractivity contribution in [3.63, 3.8) is 0 Å². The molecule has 0 aliphatic carbocycles. The number of rotatable bonds is 5. The van der Waals surface area contributed by atoms with Gasteiger partial charge in [0.25, 0.3) is 0 Å². The average Bonchev–Trinajstić information content (AvgIpc) is 2.18. The first-order valence-corrected chi connectivity index (χ1v) is 5.37. The first-order valence-electron chi connectivity index (χ1n) is 5.37. The number of nitrogens with one attached hydrogen (secondary N) is 1. The highest BCUT2D eigenvalue weighted by Crippen LogP contribution is 2.00. The van der Waals surface area contributed by atoms with Gasteiger partial charge in [-0.15, -0.1) is 0 Å². The Labute approximate surface area is 86.8 Å². The lowest BCUT2D eigenvalue weighted by molar-refractivity contribution is 0.548. The highest BCUT2D eigenvalue weighted by atomic mass is 14.9. The largest absolute Gasteiger partial charge is 0.311 e. The molecule has 1 aromatic heterocycles. The van der Waals surface area contributed by atoms with E-state index in [1.807, 2.05) is 6.20 Å². The van der Waals surface area contributed by atoms with Gasteiger partial charge in [0.2, 0.25) is 0 Å². The van der Waals surface area contributed by atoms with Crippen molar-refractivity contribution in [2.24, 2.45) is 5.92 Å². The molecule has 0 saturated carbocycles. The number of aryl methyl sites for hydroxylation is 1. The molecule has 78 valence electrons. The molecule has 0 fully saturated rings. The minimum atomic E-state index is 0.699. The van der Waals surface area contributed by atoms with Gasteiger partial charge in [0.05, 0.1) is 5.69 Å². The van der Waals surface area contributed by atoms with E-state index in [-0.39, 0.29) is 0 Å². The van der Waals surface area contributed by atoms with E-state index in [4.69, 9.17) is 0 Å². The predicted molar refractivity (Wildman–Crippen MR) is 60.2 cm³/mol. The van der Waals surface area contributed by atoms with Crippen LogP contribution >= 0.6 is 0 Å².